The first-order valence-electron chi connectivity index (χ1n) is 4.48. The topological polar surface area (TPSA) is 25.8 Å². The minimum Gasteiger partial charge on any atom is -0.265 e. The Hall–Kier alpha value is -1.06. The van der Waals surface area contributed by atoms with Gasteiger partial charge in [-0.3, -0.25) is 4.98 Å². The molecule has 2 nitrogen and oxygen atoms in total. The second-order valence-corrected chi connectivity index (χ2v) is 4.31. The van der Waals surface area contributed by atoms with Gasteiger partial charge in [0.1, 0.15) is 5.03 Å². The molecule has 2 heterocycles. The van der Waals surface area contributed by atoms with Crippen molar-refractivity contribution in [2.24, 2.45) is 0 Å². The molecule has 2 aromatic rings. The fourth-order valence-electron chi connectivity index (χ4n) is 1.11. The standard InChI is InChI=1S/C11H9ClN2S/c12-10-2-1-5-14-11(10)15-8-9-3-6-13-7-4-9/h1-7H,8H2. The van der Waals surface area contributed by atoms with Crippen LogP contribution in [0.3, 0.4) is 0 Å². The molecule has 4 heteroatoms. The third-order valence-electron chi connectivity index (χ3n) is 1.85. The van der Waals surface area contributed by atoms with E-state index in [2.05, 4.69) is 9.97 Å². The van der Waals surface area contributed by atoms with E-state index in [-0.39, 0.29) is 0 Å². The predicted molar refractivity (Wildman–Crippen MR) is 63.0 cm³/mol. The fraction of sp³-hybridized carbons (Fsp3) is 0.0909. The number of nitrogens with zero attached hydrogens (tertiary/aromatic N) is 2. The van der Waals surface area contributed by atoms with Gasteiger partial charge in [0.25, 0.3) is 0 Å². The van der Waals surface area contributed by atoms with Gasteiger partial charge in [-0.2, -0.15) is 0 Å². The van der Waals surface area contributed by atoms with Crippen molar-refractivity contribution in [3.8, 4) is 0 Å². The van der Waals surface area contributed by atoms with Gasteiger partial charge in [-0.05, 0) is 29.8 Å². The summed E-state index contributed by atoms with van der Waals surface area (Å²) in [7, 11) is 0. The van der Waals surface area contributed by atoms with Crippen LogP contribution in [0.5, 0.6) is 0 Å². The monoisotopic (exact) mass is 236 g/mol. The summed E-state index contributed by atoms with van der Waals surface area (Å²) in [5.74, 6) is 0.860. The number of thioether (sulfide) groups is 1. The molecule has 0 fully saturated rings. The van der Waals surface area contributed by atoms with Gasteiger partial charge in [0, 0.05) is 24.3 Å². The molecule has 2 rings (SSSR count). The summed E-state index contributed by atoms with van der Waals surface area (Å²) in [6.07, 6.45) is 5.33. The van der Waals surface area contributed by atoms with E-state index in [0.717, 1.165) is 10.8 Å². The zero-order valence-electron chi connectivity index (χ0n) is 7.93. The summed E-state index contributed by atoms with van der Waals surface area (Å²) in [5.41, 5.74) is 1.22. The van der Waals surface area contributed by atoms with Crippen molar-refractivity contribution in [3.05, 3.63) is 53.4 Å². The van der Waals surface area contributed by atoms with Crippen LogP contribution in [0.4, 0.5) is 0 Å². The highest BCUT2D eigenvalue weighted by molar-refractivity contribution is 7.98. The van der Waals surface area contributed by atoms with Gasteiger partial charge in [-0.15, -0.1) is 11.8 Å². The molecular formula is C11H9ClN2S. The van der Waals surface area contributed by atoms with Gasteiger partial charge >= 0.3 is 0 Å². The van der Waals surface area contributed by atoms with Crippen molar-refractivity contribution in [3.63, 3.8) is 0 Å². The number of rotatable bonds is 3. The van der Waals surface area contributed by atoms with Crippen LogP contribution < -0.4 is 0 Å². The van der Waals surface area contributed by atoms with Gasteiger partial charge in [0.15, 0.2) is 0 Å². The largest absolute Gasteiger partial charge is 0.265 e. The van der Waals surface area contributed by atoms with E-state index in [4.69, 9.17) is 11.6 Å². The second-order valence-electron chi connectivity index (χ2n) is 2.93. The van der Waals surface area contributed by atoms with E-state index in [0.29, 0.717) is 5.02 Å². The van der Waals surface area contributed by atoms with Crippen LogP contribution in [0, 0.1) is 0 Å². The Morgan fingerprint density at radius 3 is 2.67 bits per heavy atom. The number of halogens is 1. The molecule has 0 aliphatic rings. The smallest absolute Gasteiger partial charge is 0.115 e. The molecule has 76 valence electrons. The lowest BCUT2D eigenvalue weighted by Gasteiger charge is -2.02. The van der Waals surface area contributed by atoms with Crippen LogP contribution in [-0.4, -0.2) is 9.97 Å². The first kappa shape index (κ1) is 10.5. The van der Waals surface area contributed by atoms with Crippen LogP contribution in [0.2, 0.25) is 5.02 Å². The maximum atomic E-state index is 5.99. The quantitative estimate of drug-likeness (QED) is 0.764. The SMILES string of the molecule is Clc1cccnc1SCc1ccncc1. The first-order valence-corrected chi connectivity index (χ1v) is 5.85. The van der Waals surface area contributed by atoms with Crippen molar-refractivity contribution >= 4 is 23.4 Å². The Balaban J connectivity index is 2.03. The summed E-state index contributed by atoms with van der Waals surface area (Å²) in [6, 6.07) is 7.66. The summed E-state index contributed by atoms with van der Waals surface area (Å²) < 4.78 is 0. The van der Waals surface area contributed by atoms with Crippen molar-refractivity contribution in [2.45, 2.75) is 10.8 Å². The van der Waals surface area contributed by atoms with E-state index < -0.39 is 0 Å². The molecule has 0 radical (unpaired) electrons. The fourth-order valence-corrected chi connectivity index (χ4v) is 2.23. The predicted octanol–water partition coefficient (Wildman–Crippen LogP) is 3.42. The highest BCUT2D eigenvalue weighted by atomic mass is 35.5. The number of pyridine rings is 2. The minimum atomic E-state index is 0.705. The molecule has 0 spiro atoms. The summed E-state index contributed by atoms with van der Waals surface area (Å²) in [5, 5.41) is 1.58. The van der Waals surface area contributed by atoms with Crippen molar-refractivity contribution < 1.29 is 0 Å². The third-order valence-corrected chi connectivity index (χ3v) is 3.34. The summed E-state index contributed by atoms with van der Waals surface area (Å²) in [6.45, 7) is 0. The van der Waals surface area contributed by atoms with E-state index in [9.17, 15) is 0 Å². The van der Waals surface area contributed by atoms with Crippen molar-refractivity contribution in [1.29, 1.82) is 0 Å². The molecule has 0 N–H and O–H groups in total. The maximum Gasteiger partial charge on any atom is 0.115 e. The zero-order valence-corrected chi connectivity index (χ0v) is 9.50. The first-order chi connectivity index (χ1) is 7.36. The average molecular weight is 237 g/mol. The Kier molecular flexibility index (Phi) is 3.59. The third kappa shape index (κ3) is 2.94. The van der Waals surface area contributed by atoms with E-state index in [1.165, 1.54) is 5.56 Å². The molecule has 0 amide bonds. The maximum absolute atomic E-state index is 5.99. The van der Waals surface area contributed by atoms with Crippen LogP contribution in [-0.2, 0) is 5.75 Å². The van der Waals surface area contributed by atoms with Gasteiger partial charge in [-0.1, -0.05) is 11.6 Å². The van der Waals surface area contributed by atoms with E-state index in [1.54, 1.807) is 30.4 Å². The van der Waals surface area contributed by atoms with Crippen LogP contribution in [0.1, 0.15) is 5.56 Å². The molecule has 0 unspecified atom stereocenters. The van der Waals surface area contributed by atoms with Crippen molar-refractivity contribution in [2.75, 3.05) is 0 Å². The number of aromatic nitrogens is 2. The lowest BCUT2D eigenvalue weighted by molar-refractivity contribution is 1.13. The molecule has 0 bridgehead atoms. The van der Waals surface area contributed by atoms with Crippen LogP contribution in [0.15, 0.2) is 47.9 Å². The normalized spacial score (nSPS) is 10.2. The van der Waals surface area contributed by atoms with Crippen molar-refractivity contribution in [1.82, 2.24) is 9.97 Å². The highest BCUT2D eigenvalue weighted by Crippen LogP contribution is 2.26. The van der Waals surface area contributed by atoms with Gasteiger partial charge in [0.2, 0.25) is 0 Å². The highest BCUT2D eigenvalue weighted by Gasteiger charge is 2.01. The average Bonchev–Trinajstić information content (AvgIpc) is 2.29. The minimum absolute atomic E-state index is 0.705. The molecule has 2 aromatic heterocycles. The lowest BCUT2D eigenvalue weighted by Crippen LogP contribution is -1.84. The molecule has 0 saturated heterocycles. The molecule has 15 heavy (non-hydrogen) atoms. The van der Waals surface area contributed by atoms with Gasteiger partial charge in [0.05, 0.1) is 5.02 Å². The number of hydrogen-bond acceptors (Lipinski definition) is 3. The van der Waals surface area contributed by atoms with E-state index in [1.807, 2.05) is 24.3 Å². The zero-order chi connectivity index (χ0) is 10.5. The van der Waals surface area contributed by atoms with Crippen LogP contribution >= 0.6 is 23.4 Å². The molecular weight excluding hydrogens is 228 g/mol. The Labute approximate surface area is 97.7 Å². The molecule has 0 aliphatic carbocycles. The Morgan fingerprint density at radius 1 is 1.13 bits per heavy atom. The lowest BCUT2D eigenvalue weighted by atomic mass is 10.3. The summed E-state index contributed by atoms with van der Waals surface area (Å²) in [4.78, 5) is 8.18. The summed E-state index contributed by atoms with van der Waals surface area (Å²) >= 11 is 7.62. The molecule has 0 saturated carbocycles. The number of hydrogen-bond donors (Lipinski definition) is 0. The van der Waals surface area contributed by atoms with Gasteiger partial charge in [-0.25, -0.2) is 4.98 Å². The van der Waals surface area contributed by atoms with Crippen LogP contribution in [0.25, 0.3) is 0 Å². The Bertz CT molecular complexity index is 434. The van der Waals surface area contributed by atoms with E-state index >= 15 is 0 Å². The van der Waals surface area contributed by atoms with Gasteiger partial charge < -0.3 is 0 Å². The molecule has 0 aliphatic heterocycles. The molecule has 0 atom stereocenters. The molecule has 0 aromatic carbocycles. The Morgan fingerprint density at radius 2 is 1.93 bits per heavy atom. The second kappa shape index (κ2) is 5.14.